The molecule has 0 radical (unpaired) electrons. The maximum absolute atomic E-state index is 6.32. The molecular weight excluding hydrogens is 408 g/mol. The second kappa shape index (κ2) is 17.1. The predicted octanol–water partition coefficient (Wildman–Crippen LogP) is 7.14. The van der Waals surface area contributed by atoms with Crippen LogP contribution < -0.4 is 9.47 Å². The van der Waals surface area contributed by atoms with E-state index in [-0.39, 0.29) is 0 Å². The molecule has 0 spiro atoms. The lowest BCUT2D eigenvalue weighted by Gasteiger charge is -2.17. The first-order valence-corrected chi connectivity index (χ1v) is 16.4. The topological polar surface area (TPSA) is 18.5 Å². The van der Waals surface area contributed by atoms with Crippen molar-refractivity contribution in [2.24, 2.45) is 0 Å². The minimum atomic E-state index is 0.341. The van der Waals surface area contributed by atoms with Crippen molar-refractivity contribution >= 4 is 21.8 Å². The van der Waals surface area contributed by atoms with Gasteiger partial charge in [-0.05, 0) is 46.8 Å². The van der Waals surface area contributed by atoms with E-state index >= 15 is 0 Å². The lowest BCUT2D eigenvalue weighted by Crippen LogP contribution is -2.09. The monoisotopic (exact) mass is 456 g/mol. The van der Waals surface area contributed by atoms with Gasteiger partial charge < -0.3 is 9.47 Å². The van der Waals surface area contributed by atoms with Gasteiger partial charge in [-0.2, -0.15) is 0 Å². The smallest absolute Gasteiger partial charge is 0.136 e. The van der Waals surface area contributed by atoms with Crippen molar-refractivity contribution in [3.05, 3.63) is 23.3 Å². The zero-order valence-electron chi connectivity index (χ0n) is 20.7. The van der Waals surface area contributed by atoms with Crippen LogP contribution >= 0.6 is 0 Å². The van der Waals surface area contributed by atoms with Gasteiger partial charge in [-0.3, -0.25) is 0 Å². The molecule has 2 nitrogen and oxygen atoms in total. The molecule has 0 aromatic heterocycles. The molecule has 0 bridgehead atoms. The molecule has 0 saturated carbocycles. The Hall–Kier alpha value is -0.480. The van der Waals surface area contributed by atoms with E-state index in [2.05, 4.69) is 51.0 Å². The van der Waals surface area contributed by atoms with Gasteiger partial charge in [0.1, 0.15) is 23.0 Å². The summed E-state index contributed by atoms with van der Waals surface area (Å²) in [5, 5.41) is 0. The van der Waals surface area contributed by atoms with Crippen LogP contribution in [0, 0.1) is 0 Å². The molecule has 0 atom stereocenters. The summed E-state index contributed by atoms with van der Waals surface area (Å²) in [5.41, 5.74) is 2.66. The van der Waals surface area contributed by atoms with Crippen LogP contribution in [0.2, 0.25) is 0 Å². The lowest BCUT2D eigenvalue weighted by atomic mass is 10.1. The molecule has 0 unspecified atom stereocenters. The summed E-state index contributed by atoms with van der Waals surface area (Å²) >= 11 is 0. The minimum Gasteiger partial charge on any atom is -0.493 e. The van der Waals surface area contributed by atoms with E-state index in [9.17, 15) is 0 Å². The number of unbranched alkanes of at least 4 members (excludes halogenated alkanes) is 8. The van der Waals surface area contributed by atoms with Crippen LogP contribution in [-0.2, 0) is 33.3 Å². The van der Waals surface area contributed by atoms with Gasteiger partial charge in [0.05, 0.1) is 38.2 Å². The Balaban J connectivity index is 2.83. The molecule has 0 saturated heterocycles. The number of rotatable bonds is 18. The third kappa shape index (κ3) is 12.4. The first-order valence-electron chi connectivity index (χ1n) is 12.0. The van der Waals surface area contributed by atoms with Crippen LogP contribution in [0.15, 0.2) is 12.1 Å². The molecule has 0 heterocycles. The summed E-state index contributed by atoms with van der Waals surface area (Å²) < 4.78 is 12.6. The van der Waals surface area contributed by atoms with Crippen LogP contribution in [-0.4, -0.2) is 38.2 Å². The van der Waals surface area contributed by atoms with Gasteiger partial charge in [0.15, 0.2) is 0 Å². The first kappa shape index (κ1) is 27.6. The summed E-state index contributed by atoms with van der Waals surface area (Å²) in [4.78, 5) is 0. The van der Waals surface area contributed by atoms with Crippen molar-refractivity contribution < 1.29 is 9.47 Å². The van der Waals surface area contributed by atoms with Crippen molar-refractivity contribution in [2.45, 2.75) is 89.6 Å². The highest BCUT2D eigenvalue weighted by atomic mass is 32.2. The Morgan fingerprint density at radius 1 is 0.567 bits per heavy atom. The maximum Gasteiger partial charge on any atom is 0.136 e. The van der Waals surface area contributed by atoms with Crippen LogP contribution in [0.3, 0.4) is 0 Å². The van der Waals surface area contributed by atoms with E-state index in [4.69, 9.17) is 9.47 Å². The fourth-order valence-electron chi connectivity index (χ4n) is 3.54. The number of benzene rings is 1. The molecule has 1 aromatic carbocycles. The SMILES string of the molecule is CCCCCCCOc1cc(C[S+](C)C)c(OCCCCCCC)cc1C[S+](C)C. The van der Waals surface area contributed by atoms with E-state index < -0.39 is 0 Å². The fourth-order valence-corrected chi connectivity index (χ4v) is 5.23. The van der Waals surface area contributed by atoms with Crippen LogP contribution in [0.5, 0.6) is 11.5 Å². The van der Waals surface area contributed by atoms with E-state index in [0.29, 0.717) is 21.8 Å². The zero-order valence-corrected chi connectivity index (χ0v) is 22.3. The lowest BCUT2D eigenvalue weighted by molar-refractivity contribution is 0.293. The second-order valence-corrected chi connectivity index (χ2v) is 13.4. The first-order chi connectivity index (χ1) is 14.5. The van der Waals surface area contributed by atoms with Crippen LogP contribution in [0.4, 0.5) is 0 Å². The summed E-state index contributed by atoms with van der Waals surface area (Å²) in [6.07, 6.45) is 22.0. The molecule has 1 aromatic rings. The molecule has 30 heavy (non-hydrogen) atoms. The third-order valence-electron chi connectivity index (χ3n) is 5.14. The summed E-state index contributed by atoms with van der Waals surface area (Å²) in [7, 11) is 0.682. The van der Waals surface area contributed by atoms with E-state index in [1.165, 1.54) is 62.5 Å². The molecule has 1 rings (SSSR count). The van der Waals surface area contributed by atoms with Crippen molar-refractivity contribution in [2.75, 3.05) is 38.2 Å². The molecule has 0 aliphatic carbocycles. The Labute approximate surface area is 193 Å². The molecule has 4 heteroatoms. The van der Waals surface area contributed by atoms with Gasteiger partial charge in [-0.15, -0.1) is 0 Å². The summed E-state index contributed by atoms with van der Waals surface area (Å²) in [6, 6.07) is 4.60. The van der Waals surface area contributed by atoms with Gasteiger partial charge >= 0.3 is 0 Å². The zero-order chi connectivity index (χ0) is 22.2. The van der Waals surface area contributed by atoms with Crippen molar-refractivity contribution in [1.29, 1.82) is 0 Å². The van der Waals surface area contributed by atoms with Gasteiger partial charge in [-0.1, -0.05) is 65.2 Å². The highest BCUT2D eigenvalue weighted by Crippen LogP contribution is 2.32. The second-order valence-electron chi connectivity index (χ2n) is 8.85. The normalized spacial score (nSPS) is 11.5. The Bertz CT molecular complexity index is 508. The van der Waals surface area contributed by atoms with Crippen molar-refractivity contribution in [1.82, 2.24) is 0 Å². The molecular formula is C26H48O2S2+2. The maximum atomic E-state index is 6.32. The molecule has 0 fully saturated rings. The Kier molecular flexibility index (Phi) is 15.7. The van der Waals surface area contributed by atoms with Gasteiger partial charge in [0.2, 0.25) is 0 Å². The number of hydrogen-bond acceptors (Lipinski definition) is 2. The standard InChI is InChI=1S/C26H48O2S2/c1-7-9-11-13-15-17-27-25-19-24(22-30(5)6)26(20-23(25)21-29(3)4)28-18-16-14-12-10-8-2/h19-20H,7-18,21-22H2,1-6H3/q+2. The van der Waals surface area contributed by atoms with E-state index in [0.717, 1.165) is 49.1 Å². The van der Waals surface area contributed by atoms with Crippen LogP contribution in [0.25, 0.3) is 0 Å². The van der Waals surface area contributed by atoms with Crippen molar-refractivity contribution in [3.8, 4) is 11.5 Å². The summed E-state index contributed by atoms with van der Waals surface area (Å²) in [6.45, 7) is 6.19. The number of ether oxygens (including phenoxy) is 2. The van der Waals surface area contributed by atoms with Gasteiger partial charge in [0.25, 0.3) is 0 Å². The largest absolute Gasteiger partial charge is 0.493 e. The average molecular weight is 457 g/mol. The van der Waals surface area contributed by atoms with E-state index in [1.807, 2.05) is 0 Å². The molecule has 174 valence electrons. The molecule has 0 N–H and O–H groups in total. The molecule has 0 aliphatic rings. The van der Waals surface area contributed by atoms with Crippen molar-refractivity contribution in [3.63, 3.8) is 0 Å². The highest BCUT2D eigenvalue weighted by Gasteiger charge is 2.19. The molecule has 0 aliphatic heterocycles. The van der Waals surface area contributed by atoms with E-state index in [1.54, 1.807) is 0 Å². The quantitative estimate of drug-likeness (QED) is 0.173. The summed E-state index contributed by atoms with van der Waals surface area (Å²) in [5.74, 6) is 4.34. The highest BCUT2D eigenvalue weighted by molar-refractivity contribution is 7.95. The fraction of sp³-hybridized carbons (Fsp3) is 0.769. The Morgan fingerprint density at radius 2 is 0.933 bits per heavy atom. The molecule has 0 amide bonds. The predicted molar refractivity (Wildman–Crippen MR) is 141 cm³/mol. The van der Waals surface area contributed by atoms with Gasteiger partial charge in [0, 0.05) is 11.1 Å². The average Bonchev–Trinajstić information content (AvgIpc) is 2.68. The Morgan fingerprint density at radius 3 is 1.27 bits per heavy atom. The number of hydrogen-bond donors (Lipinski definition) is 0. The minimum absolute atomic E-state index is 0.341. The van der Waals surface area contributed by atoms with Gasteiger partial charge in [-0.25, -0.2) is 0 Å². The van der Waals surface area contributed by atoms with Crippen LogP contribution in [0.1, 0.15) is 89.2 Å². The third-order valence-corrected chi connectivity index (χ3v) is 6.92.